The Morgan fingerprint density at radius 1 is 0.871 bits per heavy atom. The van der Waals surface area contributed by atoms with Gasteiger partial charge in [-0.25, -0.2) is 4.98 Å². The van der Waals surface area contributed by atoms with Gasteiger partial charge in [0.15, 0.2) is 0 Å². The quantitative estimate of drug-likeness (QED) is 0.535. The van der Waals surface area contributed by atoms with Crippen molar-refractivity contribution in [3.63, 3.8) is 0 Å². The van der Waals surface area contributed by atoms with Crippen molar-refractivity contribution in [3.8, 4) is 11.3 Å². The summed E-state index contributed by atoms with van der Waals surface area (Å²) in [4.78, 5) is 32.0. The van der Waals surface area contributed by atoms with Crippen molar-refractivity contribution in [2.45, 2.75) is 32.4 Å². The smallest absolute Gasteiger partial charge is 0.278 e. The van der Waals surface area contributed by atoms with E-state index in [4.69, 9.17) is 0 Å². The average molecular weight is 412 g/mol. The van der Waals surface area contributed by atoms with Gasteiger partial charge >= 0.3 is 0 Å². The number of hydrogen-bond acceptors (Lipinski definition) is 3. The highest BCUT2D eigenvalue weighted by atomic mass is 16.2. The summed E-state index contributed by atoms with van der Waals surface area (Å²) in [6.45, 7) is 5.78. The molecule has 3 aromatic carbocycles. The first-order valence-corrected chi connectivity index (χ1v) is 10.3. The lowest BCUT2D eigenvalue weighted by molar-refractivity contribution is -0.124. The monoisotopic (exact) mass is 411 g/mol. The average Bonchev–Trinajstić information content (AvgIpc) is 2.75. The molecule has 4 rings (SSSR count). The van der Waals surface area contributed by atoms with E-state index in [0.717, 1.165) is 11.1 Å². The number of para-hydroxylation sites is 2. The number of nitrogens with one attached hydrogen (secondary N) is 1. The van der Waals surface area contributed by atoms with Gasteiger partial charge in [-0.1, -0.05) is 72.8 Å². The Bertz CT molecular complexity index is 1270. The lowest BCUT2D eigenvalue weighted by Gasteiger charge is -2.27. The molecule has 0 fully saturated rings. The first-order valence-electron chi connectivity index (χ1n) is 10.3. The Labute approximate surface area is 181 Å². The van der Waals surface area contributed by atoms with Crippen LogP contribution in [0.4, 0.5) is 0 Å². The molecule has 5 nitrogen and oxygen atoms in total. The highest BCUT2D eigenvalue weighted by Crippen LogP contribution is 2.25. The van der Waals surface area contributed by atoms with Crippen LogP contribution >= 0.6 is 0 Å². The first kappa shape index (κ1) is 20.5. The summed E-state index contributed by atoms with van der Waals surface area (Å²) in [5.74, 6) is -0.240. The summed E-state index contributed by atoms with van der Waals surface area (Å²) in [7, 11) is 0. The minimum absolute atomic E-state index is 0.240. The van der Waals surface area contributed by atoms with Gasteiger partial charge in [-0.3, -0.25) is 14.2 Å². The largest absolute Gasteiger partial charge is 0.349 e. The van der Waals surface area contributed by atoms with Gasteiger partial charge in [0.05, 0.1) is 11.0 Å². The number of carbonyl (C=O) groups is 1. The molecule has 5 heteroatoms. The second-order valence-corrected chi connectivity index (χ2v) is 8.54. The SMILES string of the molecule is CC(C)(C)NC(=O)C(c1ccccc1)n1c(=O)c(-c2ccccc2)nc2ccccc21. The van der Waals surface area contributed by atoms with E-state index in [2.05, 4.69) is 10.3 Å². The molecule has 0 aliphatic carbocycles. The van der Waals surface area contributed by atoms with Crippen molar-refractivity contribution in [1.29, 1.82) is 0 Å². The maximum atomic E-state index is 13.8. The fourth-order valence-corrected chi connectivity index (χ4v) is 3.69. The van der Waals surface area contributed by atoms with E-state index < -0.39 is 11.6 Å². The van der Waals surface area contributed by atoms with Gasteiger partial charge in [0.2, 0.25) is 5.91 Å². The number of aromatic nitrogens is 2. The second-order valence-electron chi connectivity index (χ2n) is 8.54. The molecule has 0 saturated carbocycles. The van der Waals surface area contributed by atoms with Crippen molar-refractivity contribution in [2.75, 3.05) is 0 Å². The third-order valence-electron chi connectivity index (χ3n) is 4.96. The number of nitrogens with zero attached hydrogens (tertiary/aromatic N) is 2. The van der Waals surface area contributed by atoms with Crippen LogP contribution in [-0.2, 0) is 4.79 Å². The van der Waals surface area contributed by atoms with Crippen LogP contribution in [0.25, 0.3) is 22.3 Å². The summed E-state index contributed by atoms with van der Waals surface area (Å²) in [6, 6.07) is 25.3. The van der Waals surface area contributed by atoms with Crippen LogP contribution in [0.2, 0.25) is 0 Å². The van der Waals surface area contributed by atoms with E-state index in [9.17, 15) is 9.59 Å². The van der Waals surface area contributed by atoms with Crippen LogP contribution in [0, 0.1) is 0 Å². The Kier molecular flexibility index (Phi) is 5.42. The van der Waals surface area contributed by atoms with Crippen molar-refractivity contribution in [1.82, 2.24) is 14.9 Å². The molecule has 156 valence electrons. The summed E-state index contributed by atoms with van der Waals surface area (Å²) < 4.78 is 1.57. The zero-order valence-corrected chi connectivity index (χ0v) is 17.9. The number of hydrogen-bond donors (Lipinski definition) is 1. The molecule has 1 N–H and O–H groups in total. The van der Waals surface area contributed by atoms with Gasteiger partial charge in [0.1, 0.15) is 11.7 Å². The maximum Gasteiger partial charge on any atom is 0.278 e. The maximum absolute atomic E-state index is 13.8. The van der Waals surface area contributed by atoms with Gasteiger partial charge in [0.25, 0.3) is 5.56 Å². The van der Waals surface area contributed by atoms with Gasteiger partial charge in [-0.2, -0.15) is 0 Å². The van der Waals surface area contributed by atoms with Crippen LogP contribution in [0.5, 0.6) is 0 Å². The highest BCUT2D eigenvalue weighted by molar-refractivity contribution is 5.87. The standard InChI is InChI=1S/C26H25N3O2/c1-26(2,3)28-24(30)23(19-14-8-5-9-15-19)29-21-17-11-10-16-20(21)27-22(25(29)31)18-12-6-4-7-13-18/h4-17,23H,1-3H3,(H,28,30). The number of benzene rings is 3. The van der Waals surface area contributed by atoms with E-state index >= 15 is 0 Å². The molecule has 31 heavy (non-hydrogen) atoms. The Balaban J connectivity index is 2.04. The minimum atomic E-state index is -0.830. The van der Waals surface area contributed by atoms with E-state index in [1.165, 1.54) is 0 Å². The molecule has 1 atom stereocenters. The van der Waals surface area contributed by atoms with Crippen LogP contribution in [0.3, 0.4) is 0 Å². The molecule has 4 aromatic rings. The molecule has 0 spiro atoms. The summed E-state index contributed by atoms with van der Waals surface area (Å²) in [5, 5.41) is 3.05. The fourth-order valence-electron chi connectivity index (χ4n) is 3.69. The highest BCUT2D eigenvalue weighted by Gasteiger charge is 2.29. The van der Waals surface area contributed by atoms with Crippen LogP contribution in [-0.4, -0.2) is 21.0 Å². The minimum Gasteiger partial charge on any atom is -0.349 e. The molecular weight excluding hydrogens is 386 g/mol. The van der Waals surface area contributed by atoms with Gasteiger partial charge in [0, 0.05) is 11.1 Å². The van der Waals surface area contributed by atoms with Crippen LogP contribution in [0.15, 0.2) is 89.7 Å². The fraction of sp³-hybridized carbons (Fsp3) is 0.192. The summed E-state index contributed by atoms with van der Waals surface area (Å²) >= 11 is 0. The lowest BCUT2D eigenvalue weighted by atomic mass is 10.0. The zero-order chi connectivity index (χ0) is 22.0. The molecule has 0 saturated heterocycles. The third-order valence-corrected chi connectivity index (χ3v) is 4.96. The van der Waals surface area contributed by atoms with E-state index in [0.29, 0.717) is 16.7 Å². The van der Waals surface area contributed by atoms with Crippen molar-refractivity contribution < 1.29 is 4.79 Å². The van der Waals surface area contributed by atoms with Gasteiger partial charge < -0.3 is 5.32 Å². The number of rotatable bonds is 4. The summed E-state index contributed by atoms with van der Waals surface area (Å²) in [6.07, 6.45) is 0. The number of fused-ring (bicyclic) bond motifs is 1. The zero-order valence-electron chi connectivity index (χ0n) is 17.9. The van der Waals surface area contributed by atoms with E-state index in [-0.39, 0.29) is 11.5 Å². The predicted octanol–water partition coefficient (Wildman–Crippen LogP) is 4.57. The molecule has 0 radical (unpaired) electrons. The van der Waals surface area contributed by atoms with E-state index in [1.54, 1.807) is 4.57 Å². The third kappa shape index (κ3) is 4.26. The molecule has 1 unspecified atom stereocenters. The Hall–Kier alpha value is -3.73. The molecule has 0 aliphatic rings. The lowest BCUT2D eigenvalue weighted by Crippen LogP contribution is -2.46. The molecule has 1 amide bonds. The van der Waals surface area contributed by atoms with Gasteiger partial charge in [-0.05, 0) is 38.5 Å². The van der Waals surface area contributed by atoms with Crippen molar-refractivity contribution in [3.05, 3.63) is 101 Å². The molecule has 0 bridgehead atoms. The topological polar surface area (TPSA) is 64.0 Å². The second kappa shape index (κ2) is 8.19. The van der Waals surface area contributed by atoms with Crippen LogP contribution < -0.4 is 10.9 Å². The number of amides is 1. The van der Waals surface area contributed by atoms with E-state index in [1.807, 2.05) is 106 Å². The van der Waals surface area contributed by atoms with Crippen molar-refractivity contribution >= 4 is 16.9 Å². The predicted molar refractivity (Wildman–Crippen MR) is 124 cm³/mol. The van der Waals surface area contributed by atoms with Crippen LogP contribution in [0.1, 0.15) is 32.4 Å². The summed E-state index contributed by atoms with van der Waals surface area (Å²) in [5.41, 5.74) is 2.30. The number of carbonyl (C=O) groups excluding carboxylic acids is 1. The molecule has 0 aliphatic heterocycles. The normalized spacial score (nSPS) is 12.5. The Morgan fingerprint density at radius 3 is 2.10 bits per heavy atom. The molecular formula is C26H25N3O2. The Morgan fingerprint density at radius 2 is 1.45 bits per heavy atom. The van der Waals surface area contributed by atoms with Crippen molar-refractivity contribution in [2.24, 2.45) is 0 Å². The molecule has 1 heterocycles. The molecule has 1 aromatic heterocycles. The first-order chi connectivity index (χ1) is 14.8. The van der Waals surface area contributed by atoms with Gasteiger partial charge in [-0.15, -0.1) is 0 Å².